The van der Waals surface area contributed by atoms with E-state index in [1.807, 2.05) is 12.1 Å². The molecule has 0 atom stereocenters. The van der Waals surface area contributed by atoms with Crippen LogP contribution in [0.25, 0.3) is 17.1 Å². The quantitative estimate of drug-likeness (QED) is 0.544. The summed E-state index contributed by atoms with van der Waals surface area (Å²) < 4.78 is 10.1. The molecule has 1 radical (unpaired) electrons. The average Bonchev–Trinajstić information content (AvgIpc) is 3.37. The monoisotopic (exact) mass is 308 g/mol. The van der Waals surface area contributed by atoms with E-state index in [0.717, 1.165) is 5.69 Å². The molecular weight excluding hydrogens is 298 g/mol. The maximum atomic E-state index is 5.32. The molecular formula is C13H10N9O. The second-order valence-corrected chi connectivity index (χ2v) is 4.48. The number of rotatable bonds is 4. The van der Waals surface area contributed by atoms with E-state index >= 15 is 0 Å². The van der Waals surface area contributed by atoms with Crippen molar-refractivity contribution in [2.24, 2.45) is 0 Å². The molecule has 4 aromatic rings. The molecule has 0 fully saturated rings. The Balaban J connectivity index is 2.01. The van der Waals surface area contributed by atoms with Crippen molar-refractivity contribution in [1.29, 1.82) is 0 Å². The number of aromatic nitrogens is 9. The minimum Gasteiger partial charge on any atom is -0.485 e. The lowest BCUT2D eigenvalue weighted by molar-refractivity contribution is 0.464. The summed E-state index contributed by atoms with van der Waals surface area (Å²) in [5.74, 6) is 0.477. The van der Waals surface area contributed by atoms with Gasteiger partial charge in [-0.1, -0.05) is 0 Å². The zero-order valence-corrected chi connectivity index (χ0v) is 11.8. The van der Waals surface area contributed by atoms with E-state index in [2.05, 4.69) is 37.4 Å². The smallest absolute Gasteiger partial charge is 0.171 e. The third-order valence-corrected chi connectivity index (χ3v) is 3.19. The average molecular weight is 308 g/mol. The molecule has 10 heteroatoms. The van der Waals surface area contributed by atoms with Crippen molar-refractivity contribution in [3.8, 4) is 22.8 Å². The van der Waals surface area contributed by atoms with Gasteiger partial charge in [0.25, 0.3) is 0 Å². The molecule has 10 nitrogen and oxygen atoms in total. The van der Waals surface area contributed by atoms with Crippen LogP contribution >= 0.6 is 0 Å². The number of nitrogens with zero attached hydrogens (tertiary/aromatic N) is 9. The first kappa shape index (κ1) is 13.1. The number of ether oxygens (including phenoxy) is 1. The fourth-order valence-electron chi connectivity index (χ4n) is 2.21. The molecule has 0 aliphatic carbocycles. The van der Waals surface area contributed by atoms with Gasteiger partial charge in [0.05, 0.1) is 5.69 Å². The van der Waals surface area contributed by atoms with Gasteiger partial charge in [-0.25, -0.2) is 29.0 Å². The molecule has 0 aliphatic rings. The van der Waals surface area contributed by atoms with Crippen molar-refractivity contribution >= 4 is 0 Å². The summed E-state index contributed by atoms with van der Waals surface area (Å²) in [7, 11) is 3.53. The van der Waals surface area contributed by atoms with Crippen LogP contribution in [0, 0.1) is 7.11 Å². The number of benzene rings is 1. The second kappa shape index (κ2) is 5.33. The Hall–Kier alpha value is -3.56. The Kier molecular flexibility index (Phi) is 3.04. The molecule has 0 spiro atoms. The molecule has 3 heterocycles. The van der Waals surface area contributed by atoms with E-state index in [1.165, 1.54) is 19.0 Å². The summed E-state index contributed by atoms with van der Waals surface area (Å²) in [6.07, 6.45) is 9.04. The van der Waals surface area contributed by atoms with Gasteiger partial charge in [0.15, 0.2) is 5.75 Å². The fraction of sp³-hybridized carbons (Fsp3) is 0. The molecule has 23 heavy (non-hydrogen) atoms. The van der Waals surface area contributed by atoms with Crippen molar-refractivity contribution in [2.75, 3.05) is 0 Å². The summed E-state index contributed by atoms with van der Waals surface area (Å²) in [6.45, 7) is 0. The lowest BCUT2D eigenvalue weighted by Gasteiger charge is -2.15. The van der Waals surface area contributed by atoms with Gasteiger partial charge >= 0.3 is 0 Å². The Morgan fingerprint density at radius 3 is 1.61 bits per heavy atom. The molecule has 3 aromatic heterocycles. The van der Waals surface area contributed by atoms with Gasteiger partial charge in [-0.3, -0.25) is 0 Å². The number of hydrogen-bond acceptors (Lipinski definition) is 7. The lowest BCUT2D eigenvalue weighted by Crippen LogP contribution is -2.07. The molecule has 0 saturated carbocycles. The molecule has 0 amide bonds. The SMILES string of the molecule is [CH2]Oc1c(-n2cncn2)cc(-n2cncn2)cc1-n1cncn1. The first-order valence-corrected chi connectivity index (χ1v) is 6.52. The fourth-order valence-corrected chi connectivity index (χ4v) is 2.21. The molecule has 0 bridgehead atoms. The summed E-state index contributed by atoms with van der Waals surface area (Å²) in [6, 6.07) is 3.68. The molecule has 0 unspecified atom stereocenters. The van der Waals surface area contributed by atoms with E-state index < -0.39 is 0 Å². The standard InChI is InChI=1S/C13H10N9O/c1-23-13-11(21-8-15-5-18-21)2-10(20-7-14-4-17-20)3-12(13)22-9-16-6-19-22/h2-9H,1H2. The topological polar surface area (TPSA) is 101 Å². The van der Waals surface area contributed by atoms with Gasteiger partial charge in [-0.05, 0) is 12.1 Å². The second-order valence-electron chi connectivity index (χ2n) is 4.48. The zero-order valence-electron chi connectivity index (χ0n) is 11.8. The zero-order chi connectivity index (χ0) is 15.6. The van der Waals surface area contributed by atoms with Crippen molar-refractivity contribution in [1.82, 2.24) is 44.3 Å². The van der Waals surface area contributed by atoms with Crippen LogP contribution in [-0.2, 0) is 0 Å². The van der Waals surface area contributed by atoms with Crippen LogP contribution in [-0.4, -0.2) is 44.3 Å². The van der Waals surface area contributed by atoms with Crippen LogP contribution in [0.4, 0.5) is 0 Å². The minimum atomic E-state index is 0.477. The molecule has 1 aromatic carbocycles. The first-order valence-electron chi connectivity index (χ1n) is 6.52. The van der Waals surface area contributed by atoms with Crippen LogP contribution in [0.3, 0.4) is 0 Å². The van der Waals surface area contributed by atoms with Crippen LogP contribution < -0.4 is 4.74 Å². The normalized spacial score (nSPS) is 10.8. The highest BCUT2D eigenvalue weighted by atomic mass is 16.5. The van der Waals surface area contributed by atoms with E-state index in [0.29, 0.717) is 17.1 Å². The number of hydrogen-bond donors (Lipinski definition) is 0. The van der Waals surface area contributed by atoms with Gasteiger partial charge in [-0.2, -0.15) is 15.3 Å². The highest BCUT2D eigenvalue weighted by molar-refractivity contribution is 5.64. The van der Waals surface area contributed by atoms with E-state index in [1.54, 1.807) is 33.0 Å². The van der Waals surface area contributed by atoms with Crippen LogP contribution in [0.15, 0.2) is 50.1 Å². The Morgan fingerprint density at radius 1 is 0.739 bits per heavy atom. The van der Waals surface area contributed by atoms with Gasteiger partial charge < -0.3 is 4.74 Å². The lowest BCUT2D eigenvalue weighted by atomic mass is 10.2. The van der Waals surface area contributed by atoms with Crippen LogP contribution in [0.5, 0.6) is 5.75 Å². The Labute approximate surface area is 130 Å². The Morgan fingerprint density at radius 2 is 1.22 bits per heavy atom. The van der Waals surface area contributed by atoms with Crippen LogP contribution in [0.2, 0.25) is 0 Å². The third-order valence-electron chi connectivity index (χ3n) is 3.19. The van der Waals surface area contributed by atoms with Gasteiger partial charge in [-0.15, -0.1) is 0 Å². The first-order chi connectivity index (χ1) is 11.4. The van der Waals surface area contributed by atoms with Gasteiger partial charge in [0.1, 0.15) is 56.4 Å². The largest absolute Gasteiger partial charge is 0.485 e. The minimum absolute atomic E-state index is 0.477. The molecule has 0 N–H and O–H groups in total. The molecule has 0 aliphatic heterocycles. The summed E-state index contributed by atoms with van der Waals surface area (Å²) >= 11 is 0. The van der Waals surface area contributed by atoms with Crippen molar-refractivity contribution < 1.29 is 4.74 Å². The summed E-state index contributed by atoms with van der Waals surface area (Å²) in [5.41, 5.74) is 2.02. The maximum Gasteiger partial charge on any atom is 0.171 e. The van der Waals surface area contributed by atoms with Crippen LogP contribution in [0.1, 0.15) is 0 Å². The Bertz CT molecular complexity index is 842. The highest BCUT2D eigenvalue weighted by Gasteiger charge is 2.17. The highest BCUT2D eigenvalue weighted by Crippen LogP contribution is 2.32. The van der Waals surface area contributed by atoms with Crippen molar-refractivity contribution in [2.45, 2.75) is 0 Å². The molecule has 0 saturated heterocycles. The van der Waals surface area contributed by atoms with Crippen molar-refractivity contribution in [3.63, 3.8) is 0 Å². The summed E-state index contributed by atoms with van der Waals surface area (Å²) in [4.78, 5) is 11.9. The predicted octanol–water partition coefficient (Wildman–Crippen LogP) is 0.599. The predicted molar refractivity (Wildman–Crippen MR) is 77.2 cm³/mol. The van der Waals surface area contributed by atoms with Gasteiger partial charge in [0.2, 0.25) is 0 Å². The van der Waals surface area contributed by atoms with Gasteiger partial charge in [0, 0.05) is 0 Å². The van der Waals surface area contributed by atoms with E-state index in [-0.39, 0.29) is 0 Å². The van der Waals surface area contributed by atoms with Crippen molar-refractivity contribution in [3.05, 3.63) is 57.2 Å². The van der Waals surface area contributed by atoms with E-state index in [9.17, 15) is 0 Å². The third kappa shape index (κ3) is 2.21. The summed E-state index contributed by atoms with van der Waals surface area (Å²) in [5, 5.41) is 12.4. The molecule has 4 rings (SSSR count). The molecule has 113 valence electrons. The van der Waals surface area contributed by atoms with E-state index in [4.69, 9.17) is 4.74 Å². The maximum absolute atomic E-state index is 5.32.